The molecular weight excluding hydrogens is 721 g/mol. The molecule has 9 nitrogen and oxygen atoms in total. The van der Waals surface area contributed by atoms with Crippen molar-refractivity contribution in [1.82, 2.24) is 0 Å². The van der Waals surface area contributed by atoms with Crippen LogP contribution in [0.15, 0.2) is 72.9 Å². The molecule has 4 N–H and O–H groups in total. The highest BCUT2D eigenvalue weighted by molar-refractivity contribution is 5.69. The Balaban J connectivity index is 2.24. The van der Waals surface area contributed by atoms with Crippen LogP contribution in [0.5, 0.6) is 0 Å². The average Bonchev–Trinajstić information content (AvgIpc) is 3.21. The molecule has 1 aliphatic heterocycles. The van der Waals surface area contributed by atoms with Gasteiger partial charge in [-0.15, -0.1) is 0 Å². The van der Waals surface area contributed by atoms with Crippen LogP contribution in [0.2, 0.25) is 0 Å². The quantitative estimate of drug-likeness (QED) is 0.0275. The van der Waals surface area contributed by atoms with Gasteiger partial charge in [0.25, 0.3) is 0 Å². The number of carbonyl (C=O) groups excluding carboxylic acids is 1. The molecule has 1 fully saturated rings. The van der Waals surface area contributed by atoms with E-state index in [4.69, 9.17) is 18.9 Å². The van der Waals surface area contributed by atoms with Crippen LogP contribution < -0.4 is 0 Å². The van der Waals surface area contributed by atoms with Crippen molar-refractivity contribution < 1.29 is 44.2 Å². The van der Waals surface area contributed by atoms with Crippen LogP contribution in [-0.4, -0.2) is 89.6 Å². The van der Waals surface area contributed by atoms with Crippen molar-refractivity contribution in [2.75, 3.05) is 26.4 Å². The van der Waals surface area contributed by atoms with Crippen LogP contribution in [0.1, 0.15) is 162 Å². The van der Waals surface area contributed by atoms with Crippen molar-refractivity contribution in [2.24, 2.45) is 0 Å². The van der Waals surface area contributed by atoms with Crippen molar-refractivity contribution in [3.8, 4) is 0 Å². The van der Waals surface area contributed by atoms with Gasteiger partial charge in [-0.1, -0.05) is 164 Å². The van der Waals surface area contributed by atoms with Crippen molar-refractivity contribution in [3.05, 3.63) is 72.9 Å². The van der Waals surface area contributed by atoms with E-state index in [0.29, 0.717) is 13.0 Å². The molecule has 328 valence electrons. The first kappa shape index (κ1) is 52.6. The maximum Gasteiger partial charge on any atom is 0.306 e. The highest BCUT2D eigenvalue weighted by atomic mass is 16.7. The van der Waals surface area contributed by atoms with Gasteiger partial charge in [-0.3, -0.25) is 4.79 Å². The lowest BCUT2D eigenvalue weighted by atomic mass is 9.99. The van der Waals surface area contributed by atoms with Crippen LogP contribution in [-0.2, 0) is 23.7 Å². The molecule has 1 heterocycles. The van der Waals surface area contributed by atoms with E-state index in [2.05, 4.69) is 86.8 Å². The van der Waals surface area contributed by atoms with Crippen molar-refractivity contribution >= 4 is 5.97 Å². The van der Waals surface area contributed by atoms with Crippen LogP contribution in [0.25, 0.3) is 0 Å². The minimum absolute atomic E-state index is 0.124. The summed E-state index contributed by atoms with van der Waals surface area (Å²) >= 11 is 0. The molecule has 1 saturated heterocycles. The van der Waals surface area contributed by atoms with E-state index in [9.17, 15) is 25.2 Å². The maximum atomic E-state index is 12.7. The predicted molar refractivity (Wildman–Crippen MR) is 233 cm³/mol. The molecule has 0 aromatic heterocycles. The van der Waals surface area contributed by atoms with Gasteiger partial charge in [-0.2, -0.15) is 0 Å². The number of ether oxygens (including phenoxy) is 4. The Morgan fingerprint density at radius 1 is 0.579 bits per heavy atom. The molecule has 0 saturated carbocycles. The second kappa shape index (κ2) is 39.1. The monoisotopic (exact) mass is 803 g/mol. The molecule has 0 bridgehead atoms. The Bertz CT molecular complexity index is 1100. The van der Waals surface area contributed by atoms with Crippen LogP contribution in [0.3, 0.4) is 0 Å². The summed E-state index contributed by atoms with van der Waals surface area (Å²) in [6, 6.07) is 0. The second-order valence-electron chi connectivity index (χ2n) is 15.1. The largest absolute Gasteiger partial charge is 0.457 e. The maximum absolute atomic E-state index is 12.7. The van der Waals surface area contributed by atoms with E-state index in [1.54, 1.807) is 0 Å². The number of aliphatic hydroxyl groups is 4. The lowest BCUT2D eigenvalue weighted by molar-refractivity contribution is -0.305. The van der Waals surface area contributed by atoms with Crippen molar-refractivity contribution in [1.29, 1.82) is 0 Å². The molecule has 0 aliphatic carbocycles. The lowest BCUT2D eigenvalue weighted by Gasteiger charge is -2.39. The molecule has 1 rings (SSSR count). The Morgan fingerprint density at radius 3 is 1.61 bits per heavy atom. The van der Waals surface area contributed by atoms with E-state index in [0.717, 1.165) is 96.3 Å². The third-order valence-corrected chi connectivity index (χ3v) is 9.89. The second-order valence-corrected chi connectivity index (χ2v) is 15.1. The molecule has 57 heavy (non-hydrogen) atoms. The lowest BCUT2D eigenvalue weighted by Crippen LogP contribution is -2.59. The van der Waals surface area contributed by atoms with Gasteiger partial charge in [-0.25, -0.2) is 0 Å². The van der Waals surface area contributed by atoms with Gasteiger partial charge in [0, 0.05) is 13.0 Å². The number of carbonyl (C=O) groups is 1. The first-order valence-corrected chi connectivity index (χ1v) is 22.5. The Labute approximate surface area is 347 Å². The molecule has 9 heteroatoms. The molecular formula is C48H82O9. The summed E-state index contributed by atoms with van der Waals surface area (Å²) < 4.78 is 22.7. The molecule has 0 aromatic rings. The summed E-state index contributed by atoms with van der Waals surface area (Å²) in [4.78, 5) is 12.7. The minimum Gasteiger partial charge on any atom is -0.457 e. The number of esters is 1. The average molecular weight is 803 g/mol. The third kappa shape index (κ3) is 30.4. The highest BCUT2D eigenvalue weighted by Gasteiger charge is 2.44. The summed E-state index contributed by atoms with van der Waals surface area (Å²) in [5, 5.41) is 40.0. The van der Waals surface area contributed by atoms with Gasteiger partial charge >= 0.3 is 5.97 Å². The topological polar surface area (TPSA) is 135 Å². The zero-order valence-corrected chi connectivity index (χ0v) is 35.8. The number of unbranched alkanes of at least 4 members (excludes halogenated alkanes) is 14. The third-order valence-electron chi connectivity index (χ3n) is 9.89. The molecule has 1 aliphatic rings. The highest BCUT2D eigenvalue weighted by Crippen LogP contribution is 2.22. The Kier molecular flexibility index (Phi) is 36.1. The van der Waals surface area contributed by atoms with Crippen LogP contribution in [0.4, 0.5) is 0 Å². The smallest absolute Gasteiger partial charge is 0.306 e. The Morgan fingerprint density at radius 2 is 1.07 bits per heavy atom. The van der Waals surface area contributed by atoms with Gasteiger partial charge in [0.15, 0.2) is 6.29 Å². The first-order chi connectivity index (χ1) is 27.9. The molecule has 6 unspecified atom stereocenters. The zero-order valence-electron chi connectivity index (χ0n) is 35.8. The van der Waals surface area contributed by atoms with Gasteiger partial charge in [0.05, 0.1) is 19.8 Å². The number of hydrogen-bond donors (Lipinski definition) is 4. The molecule has 6 atom stereocenters. The van der Waals surface area contributed by atoms with E-state index in [1.165, 1.54) is 44.9 Å². The van der Waals surface area contributed by atoms with Crippen LogP contribution in [0, 0.1) is 0 Å². The Hall–Kier alpha value is -2.37. The normalized spacial score (nSPS) is 21.1. The minimum atomic E-state index is -1.54. The van der Waals surface area contributed by atoms with E-state index >= 15 is 0 Å². The van der Waals surface area contributed by atoms with E-state index in [1.807, 2.05) is 0 Å². The van der Waals surface area contributed by atoms with Crippen molar-refractivity contribution in [2.45, 2.75) is 198 Å². The fourth-order valence-electron chi connectivity index (χ4n) is 6.38. The van der Waals surface area contributed by atoms with Gasteiger partial charge in [0.2, 0.25) is 0 Å². The summed E-state index contributed by atoms with van der Waals surface area (Å²) in [5.74, 6) is -0.326. The number of allylic oxidation sites excluding steroid dienone is 12. The van der Waals surface area contributed by atoms with Crippen LogP contribution >= 0.6 is 0 Å². The predicted octanol–water partition coefficient (Wildman–Crippen LogP) is 10.1. The van der Waals surface area contributed by atoms with E-state index in [-0.39, 0.29) is 19.2 Å². The van der Waals surface area contributed by atoms with E-state index < -0.39 is 43.4 Å². The fourth-order valence-corrected chi connectivity index (χ4v) is 6.38. The number of hydrogen-bond acceptors (Lipinski definition) is 9. The number of aliphatic hydroxyl groups excluding tert-OH is 4. The van der Waals surface area contributed by atoms with Crippen molar-refractivity contribution in [3.63, 3.8) is 0 Å². The van der Waals surface area contributed by atoms with Gasteiger partial charge < -0.3 is 39.4 Å². The summed E-state index contributed by atoms with van der Waals surface area (Å²) in [7, 11) is 0. The van der Waals surface area contributed by atoms with Gasteiger partial charge in [-0.05, 0) is 64.2 Å². The first-order valence-electron chi connectivity index (χ1n) is 22.5. The SMILES string of the molecule is CC/C=C\C/C=C\C/C=C\C/C=C\C/C=C\C/C=C\CCCCCCCOCC(COC1OC(CO)C(O)C(O)C1O)OC(=O)CCCCCCCCCCCC. The standard InChI is InChI=1S/C48H82O9/c1-3-5-7-9-11-13-15-16-17-18-19-20-21-22-23-24-25-26-27-28-30-32-34-36-38-54-40-42(41-55-48-47(53)46(52)45(51)43(39-49)57-48)56-44(50)37-35-33-31-29-14-12-10-8-6-4-2/h5,7,11,13,16-17,19-20,22-23,25-26,42-43,45-49,51-53H,3-4,6,8-10,12,14-15,18,21,24,27-41H2,1-2H3/b7-5-,13-11-,17-16-,20-19-,23-22-,26-25-. The summed E-state index contributed by atoms with van der Waals surface area (Å²) in [5.41, 5.74) is 0. The molecule has 0 amide bonds. The number of rotatable bonds is 37. The zero-order chi connectivity index (χ0) is 41.4. The fraction of sp³-hybridized carbons (Fsp3) is 0.729. The molecule has 0 spiro atoms. The molecule has 0 radical (unpaired) electrons. The summed E-state index contributed by atoms with van der Waals surface area (Å²) in [6.45, 7) is 4.37. The van der Waals surface area contributed by atoms with Gasteiger partial charge in [0.1, 0.15) is 30.5 Å². The summed E-state index contributed by atoms with van der Waals surface area (Å²) in [6.07, 6.45) is 43.6. The molecule has 0 aromatic carbocycles.